The minimum absolute atomic E-state index is 0.0869. The van der Waals surface area contributed by atoms with Crippen LogP contribution in [0.4, 0.5) is 0 Å². The number of rotatable bonds is 4. The summed E-state index contributed by atoms with van der Waals surface area (Å²) in [4.78, 5) is 13.5. The Morgan fingerprint density at radius 2 is 1.69 bits per heavy atom. The van der Waals surface area contributed by atoms with Crippen molar-refractivity contribution in [3.8, 4) is 0 Å². The molecule has 0 aromatic carbocycles. The quantitative estimate of drug-likeness (QED) is 0.460. The first-order valence-corrected chi connectivity index (χ1v) is 4.58. The molecule has 0 bridgehead atoms. The van der Waals surface area contributed by atoms with Crippen molar-refractivity contribution < 1.29 is 25.2 Å². The van der Waals surface area contributed by atoms with E-state index in [1.165, 1.54) is 0 Å². The number of aliphatic hydroxyl groups excluding tert-OH is 4. The van der Waals surface area contributed by atoms with Gasteiger partial charge in [-0.1, -0.05) is 6.07 Å². The number of aldehydes is 1. The fraction of sp³-hybridized carbons (Fsp3) is 0.400. The van der Waals surface area contributed by atoms with Gasteiger partial charge in [0.1, 0.15) is 18.3 Å². The minimum atomic E-state index is -1.64. The molecule has 3 atom stereocenters. The molecule has 0 aliphatic carbocycles. The summed E-state index contributed by atoms with van der Waals surface area (Å²) < 4.78 is 0. The Morgan fingerprint density at radius 1 is 1.12 bits per heavy atom. The summed E-state index contributed by atoms with van der Waals surface area (Å²) in [6.07, 6.45) is -1.13. The van der Waals surface area contributed by atoms with Crippen LogP contribution in [0.2, 0.25) is 0 Å². The molecule has 0 aliphatic heterocycles. The number of pyridine rings is 1. The molecule has 0 saturated heterocycles. The third-order valence-electron chi connectivity index (χ3n) is 1.64. The third-order valence-corrected chi connectivity index (χ3v) is 1.64. The highest BCUT2D eigenvalue weighted by Crippen LogP contribution is 1.96. The lowest BCUT2D eigenvalue weighted by molar-refractivity contribution is -0.127. The molecule has 0 amide bonds. The highest BCUT2D eigenvalue weighted by Gasteiger charge is 2.22. The van der Waals surface area contributed by atoms with Crippen molar-refractivity contribution in [2.75, 3.05) is 6.61 Å². The van der Waals surface area contributed by atoms with Crippen LogP contribution < -0.4 is 0 Å². The molecule has 90 valence electrons. The lowest BCUT2D eigenvalue weighted by Gasteiger charge is -2.16. The Morgan fingerprint density at radius 3 is 1.94 bits per heavy atom. The molecule has 0 saturated carbocycles. The van der Waals surface area contributed by atoms with E-state index in [1.54, 1.807) is 12.4 Å². The van der Waals surface area contributed by atoms with E-state index in [1.807, 2.05) is 18.2 Å². The van der Waals surface area contributed by atoms with Crippen LogP contribution in [0.15, 0.2) is 30.6 Å². The van der Waals surface area contributed by atoms with Gasteiger partial charge in [0.25, 0.3) is 0 Å². The molecule has 6 heteroatoms. The van der Waals surface area contributed by atoms with Gasteiger partial charge >= 0.3 is 0 Å². The van der Waals surface area contributed by atoms with Gasteiger partial charge in [0.05, 0.1) is 6.61 Å². The summed E-state index contributed by atoms with van der Waals surface area (Å²) in [6.45, 7) is -0.688. The Bertz CT molecular complexity index is 242. The van der Waals surface area contributed by atoms with Crippen LogP contribution in [0.3, 0.4) is 0 Å². The van der Waals surface area contributed by atoms with E-state index in [4.69, 9.17) is 20.4 Å². The van der Waals surface area contributed by atoms with Crippen LogP contribution in [0.5, 0.6) is 0 Å². The van der Waals surface area contributed by atoms with Gasteiger partial charge in [-0.2, -0.15) is 0 Å². The summed E-state index contributed by atoms with van der Waals surface area (Å²) in [5.74, 6) is 0. The summed E-state index contributed by atoms with van der Waals surface area (Å²) in [6, 6.07) is 5.72. The number of aromatic nitrogens is 1. The summed E-state index contributed by atoms with van der Waals surface area (Å²) >= 11 is 0. The molecule has 4 N–H and O–H groups in total. The second-order valence-electron chi connectivity index (χ2n) is 2.89. The van der Waals surface area contributed by atoms with Crippen molar-refractivity contribution in [2.45, 2.75) is 18.3 Å². The predicted molar refractivity (Wildman–Crippen MR) is 55.4 cm³/mol. The van der Waals surface area contributed by atoms with Crippen molar-refractivity contribution in [3.63, 3.8) is 0 Å². The van der Waals surface area contributed by atoms with Crippen molar-refractivity contribution in [1.29, 1.82) is 0 Å². The highest BCUT2D eigenvalue weighted by atomic mass is 16.4. The zero-order valence-corrected chi connectivity index (χ0v) is 8.55. The van der Waals surface area contributed by atoms with Crippen LogP contribution in [-0.2, 0) is 4.79 Å². The summed E-state index contributed by atoms with van der Waals surface area (Å²) in [5.41, 5.74) is 0. The SMILES string of the molecule is O=C[C@H](O)[C@H](O)[C@H](O)CO.c1ccncc1. The van der Waals surface area contributed by atoms with E-state index in [0.29, 0.717) is 0 Å². The van der Waals surface area contributed by atoms with Crippen LogP contribution in [-0.4, -0.2) is 56.6 Å². The largest absolute Gasteiger partial charge is 0.394 e. The molecule has 1 heterocycles. The molecule has 1 rings (SSSR count). The van der Waals surface area contributed by atoms with E-state index in [0.717, 1.165) is 0 Å². The van der Waals surface area contributed by atoms with Crippen molar-refractivity contribution in [1.82, 2.24) is 4.98 Å². The lowest BCUT2D eigenvalue weighted by Crippen LogP contribution is -2.40. The monoisotopic (exact) mass is 229 g/mol. The fourth-order valence-electron chi connectivity index (χ4n) is 0.729. The van der Waals surface area contributed by atoms with Crippen LogP contribution in [0.1, 0.15) is 0 Å². The molecular formula is C10H15NO5. The van der Waals surface area contributed by atoms with Gasteiger partial charge in [0.2, 0.25) is 0 Å². The standard InChI is InChI=1S/C5H5N.C5H10O5/c1-2-4-6-5-3-1;6-1-3(8)5(10)4(9)2-7/h1-5H;1,3-5,7-10H,2H2/t;3-,4+,5-/m.0/s1. The van der Waals surface area contributed by atoms with Gasteiger partial charge in [0, 0.05) is 12.4 Å². The Balaban J connectivity index is 0.000000315. The Hall–Kier alpha value is -1.34. The van der Waals surface area contributed by atoms with Crippen LogP contribution in [0, 0.1) is 0 Å². The van der Waals surface area contributed by atoms with Crippen molar-refractivity contribution >= 4 is 6.29 Å². The van der Waals surface area contributed by atoms with Crippen molar-refractivity contribution in [2.24, 2.45) is 0 Å². The maximum Gasteiger partial charge on any atom is 0.151 e. The highest BCUT2D eigenvalue weighted by molar-refractivity contribution is 5.56. The first-order valence-electron chi connectivity index (χ1n) is 4.58. The van der Waals surface area contributed by atoms with E-state index in [-0.39, 0.29) is 6.29 Å². The predicted octanol–water partition coefficient (Wildman–Crippen LogP) is -1.66. The molecule has 0 spiro atoms. The Kier molecular flexibility index (Phi) is 8.18. The maximum absolute atomic E-state index is 9.76. The average molecular weight is 229 g/mol. The molecule has 1 aromatic rings. The molecule has 6 nitrogen and oxygen atoms in total. The number of hydrogen-bond acceptors (Lipinski definition) is 6. The van der Waals surface area contributed by atoms with E-state index >= 15 is 0 Å². The van der Waals surface area contributed by atoms with Gasteiger partial charge in [-0.05, 0) is 12.1 Å². The minimum Gasteiger partial charge on any atom is -0.394 e. The first-order chi connectivity index (χ1) is 7.63. The first kappa shape index (κ1) is 14.7. The van der Waals surface area contributed by atoms with Gasteiger partial charge < -0.3 is 25.2 Å². The topological polar surface area (TPSA) is 111 Å². The fourth-order valence-corrected chi connectivity index (χ4v) is 0.729. The zero-order chi connectivity index (χ0) is 12.4. The molecule has 1 aromatic heterocycles. The number of nitrogens with zero attached hydrogens (tertiary/aromatic N) is 1. The summed E-state index contributed by atoms with van der Waals surface area (Å²) in [7, 11) is 0. The second-order valence-corrected chi connectivity index (χ2v) is 2.89. The molecule has 0 fully saturated rings. The van der Waals surface area contributed by atoms with Crippen LogP contribution in [0.25, 0.3) is 0 Å². The van der Waals surface area contributed by atoms with Gasteiger partial charge in [-0.3, -0.25) is 4.98 Å². The number of carbonyl (C=O) groups excluding carboxylic acids is 1. The lowest BCUT2D eigenvalue weighted by atomic mass is 10.1. The van der Waals surface area contributed by atoms with E-state index in [9.17, 15) is 4.79 Å². The van der Waals surface area contributed by atoms with Crippen molar-refractivity contribution in [3.05, 3.63) is 30.6 Å². The normalized spacial score (nSPS) is 15.2. The molecule has 0 radical (unpaired) electrons. The summed E-state index contributed by atoms with van der Waals surface area (Å²) in [5, 5.41) is 34.1. The van der Waals surface area contributed by atoms with Gasteiger partial charge in [-0.15, -0.1) is 0 Å². The van der Waals surface area contributed by atoms with E-state index in [2.05, 4.69) is 4.98 Å². The molecule has 0 unspecified atom stereocenters. The van der Waals surface area contributed by atoms with E-state index < -0.39 is 24.9 Å². The average Bonchev–Trinajstić information content (AvgIpc) is 2.38. The van der Waals surface area contributed by atoms with Crippen LogP contribution >= 0.6 is 0 Å². The maximum atomic E-state index is 9.76. The third kappa shape index (κ3) is 6.20. The van der Waals surface area contributed by atoms with Gasteiger partial charge in [0.15, 0.2) is 6.29 Å². The molecular weight excluding hydrogens is 214 g/mol. The zero-order valence-electron chi connectivity index (χ0n) is 8.55. The number of hydrogen-bond donors (Lipinski definition) is 4. The van der Waals surface area contributed by atoms with Gasteiger partial charge in [-0.25, -0.2) is 0 Å². The second kappa shape index (κ2) is 8.93. The Labute approximate surface area is 92.8 Å². The molecule has 0 aliphatic rings. The molecule has 16 heavy (non-hydrogen) atoms. The number of carbonyl (C=O) groups is 1. The smallest absolute Gasteiger partial charge is 0.151 e. The number of aliphatic hydroxyl groups is 4.